The molecule has 5 heteroatoms. The Morgan fingerprint density at radius 3 is 2.32 bits per heavy atom. The number of carbonyl (C=O) groups excluding carboxylic acids is 1. The van der Waals surface area contributed by atoms with Crippen LogP contribution in [0.1, 0.15) is 24.0 Å². The van der Waals surface area contributed by atoms with Crippen LogP contribution in [0.25, 0.3) is 0 Å². The zero-order valence-electron chi connectivity index (χ0n) is 15.2. The van der Waals surface area contributed by atoms with Crippen LogP contribution in [0.15, 0.2) is 36.4 Å². The lowest BCUT2D eigenvalue weighted by molar-refractivity contribution is -0.116. The molecule has 0 radical (unpaired) electrons. The van der Waals surface area contributed by atoms with Crippen LogP contribution in [0, 0.1) is 6.92 Å². The van der Waals surface area contributed by atoms with Gasteiger partial charge in [0.25, 0.3) is 0 Å². The minimum atomic E-state index is -0.0446. The minimum Gasteiger partial charge on any atom is -0.497 e. The quantitative estimate of drug-likeness (QED) is 0.787. The summed E-state index contributed by atoms with van der Waals surface area (Å²) in [6.45, 7) is 2.02. The van der Waals surface area contributed by atoms with Crippen molar-refractivity contribution >= 4 is 11.6 Å². The van der Waals surface area contributed by atoms with Crippen LogP contribution in [-0.2, 0) is 11.2 Å². The molecule has 2 aromatic rings. The van der Waals surface area contributed by atoms with Crippen molar-refractivity contribution < 1.29 is 19.0 Å². The molecule has 0 fully saturated rings. The van der Waals surface area contributed by atoms with Crippen LogP contribution >= 0.6 is 0 Å². The van der Waals surface area contributed by atoms with E-state index < -0.39 is 0 Å². The molecule has 25 heavy (non-hydrogen) atoms. The maximum absolute atomic E-state index is 12.2. The summed E-state index contributed by atoms with van der Waals surface area (Å²) in [4.78, 5) is 12.2. The number of benzene rings is 2. The van der Waals surface area contributed by atoms with E-state index in [1.807, 2.05) is 19.1 Å². The number of aryl methyl sites for hydroxylation is 2. The van der Waals surface area contributed by atoms with Crippen LogP contribution in [0.2, 0.25) is 0 Å². The molecule has 0 aromatic heterocycles. The number of amides is 1. The van der Waals surface area contributed by atoms with Crippen molar-refractivity contribution in [2.45, 2.75) is 26.2 Å². The van der Waals surface area contributed by atoms with E-state index in [-0.39, 0.29) is 5.91 Å². The number of hydrogen-bond donors (Lipinski definition) is 1. The van der Waals surface area contributed by atoms with E-state index in [4.69, 9.17) is 14.2 Å². The summed E-state index contributed by atoms with van der Waals surface area (Å²) < 4.78 is 15.7. The minimum absolute atomic E-state index is 0.0446. The maximum atomic E-state index is 12.2. The van der Waals surface area contributed by atoms with E-state index in [0.717, 1.165) is 24.2 Å². The van der Waals surface area contributed by atoms with E-state index in [1.54, 1.807) is 39.5 Å². The first kappa shape index (κ1) is 18.6. The third-order valence-electron chi connectivity index (χ3n) is 4.01. The summed E-state index contributed by atoms with van der Waals surface area (Å²) >= 11 is 0. The second-order valence-corrected chi connectivity index (χ2v) is 5.77. The van der Waals surface area contributed by atoms with Gasteiger partial charge < -0.3 is 19.5 Å². The predicted molar refractivity (Wildman–Crippen MR) is 98.8 cm³/mol. The molecule has 0 atom stereocenters. The summed E-state index contributed by atoms with van der Waals surface area (Å²) in [5, 5.41) is 2.89. The second-order valence-electron chi connectivity index (χ2n) is 5.77. The predicted octanol–water partition coefficient (Wildman–Crippen LogP) is 3.98. The molecule has 0 aliphatic carbocycles. The molecule has 0 aliphatic heterocycles. The van der Waals surface area contributed by atoms with Gasteiger partial charge in [0.2, 0.25) is 5.91 Å². The Hall–Kier alpha value is -2.69. The number of rotatable bonds is 8. The zero-order chi connectivity index (χ0) is 18.2. The molecule has 0 spiro atoms. The number of anilines is 1. The second kappa shape index (κ2) is 8.97. The van der Waals surface area contributed by atoms with Gasteiger partial charge in [-0.05, 0) is 49.1 Å². The van der Waals surface area contributed by atoms with Crippen LogP contribution in [0.4, 0.5) is 5.69 Å². The molecular weight excluding hydrogens is 318 g/mol. The van der Waals surface area contributed by atoms with Gasteiger partial charge in [0.1, 0.15) is 17.2 Å². The van der Waals surface area contributed by atoms with Crippen molar-refractivity contribution in [2.24, 2.45) is 0 Å². The number of ether oxygens (including phenoxy) is 3. The molecular formula is C20H25NO4. The summed E-state index contributed by atoms with van der Waals surface area (Å²) in [5.41, 5.74) is 2.92. The highest BCUT2D eigenvalue weighted by Gasteiger charge is 2.09. The number of hydrogen-bond acceptors (Lipinski definition) is 4. The molecule has 134 valence electrons. The standard InChI is InChI=1S/C20H25NO4/c1-14-12-15(8-10-18(14)24-3)6-5-7-20(22)21-17-13-16(23-2)9-11-19(17)25-4/h8-13H,5-7H2,1-4H3,(H,21,22). The van der Waals surface area contributed by atoms with Crippen LogP contribution in [0.3, 0.4) is 0 Å². The largest absolute Gasteiger partial charge is 0.497 e. The highest BCUT2D eigenvalue weighted by atomic mass is 16.5. The van der Waals surface area contributed by atoms with E-state index >= 15 is 0 Å². The van der Waals surface area contributed by atoms with Crippen molar-refractivity contribution in [3.8, 4) is 17.2 Å². The average molecular weight is 343 g/mol. The van der Waals surface area contributed by atoms with Gasteiger partial charge in [-0.25, -0.2) is 0 Å². The van der Waals surface area contributed by atoms with E-state index in [0.29, 0.717) is 23.6 Å². The Bertz CT molecular complexity index is 728. The molecule has 1 N–H and O–H groups in total. The van der Waals surface area contributed by atoms with E-state index in [9.17, 15) is 4.79 Å². The average Bonchev–Trinajstić information content (AvgIpc) is 2.61. The first-order valence-corrected chi connectivity index (χ1v) is 8.22. The molecule has 2 aromatic carbocycles. The van der Waals surface area contributed by atoms with Gasteiger partial charge in [-0.3, -0.25) is 4.79 Å². The SMILES string of the molecule is COc1ccc(OC)c(NC(=O)CCCc2ccc(OC)c(C)c2)c1. The summed E-state index contributed by atoms with van der Waals surface area (Å²) in [5.74, 6) is 2.12. The Morgan fingerprint density at radius 2 is 1.68 bits per heavy atom. The molecule has 0 saturated heterocycles. The van der Waals surface area contributed by atoms with Crippen molar-refractivity contribution in [3.63, 3.8) is 0 Å². The van der Waals surface area contributed by atoms with Crippen LogP contribution in [0.5, 0.6) is 17.2 Å². The molecule has 0 unspecified atom stereocenters. The molecule has 0 saturated carbocycles. The Balaban J connectivity index is 1.90. The van der Waals surface area contributed by atoms with E-state index in [1.165, 1.54) is 5.56 Å². The van der Waals surface area contributed by atoms with Gasteiger partial charge in [0, 0.05) is 12.5 Å². The number of carbonyl (C=O) groups is 1. The van der Waals surface area contributed by atoms with Gasteiger partial charge in [0.05, 0.1) is 27.0 Å². The Labute approximate surface area is 148 Å². The van der Waals surface area contributed by atoms with Crippen molar-refractivity contribution in [1.82, 2.24) is 0 Å². The number of nitrogens with one attached hydrogen (secondary N) is 1. The third-order valence-corrected chi connectivity index (χ3v) is 4.01. The van der Waals surface area contributed by atoms with Crippen molar-refractivity contribution in [2.75, 3.05) is 26.6 Å². The molecule has 2 rings (SSSR count). The van der Waals surface area contributed by atoms with Crippen molar-refractivity contribution in [3.05, 3.63) is 47.5 Å². The third kappa shape index (κ3) is 5.14. The fourth-order valence-corrected chi connectivity index (χ4v) is 2.67. The summed E-state index contributed by atoms with van der Waals surface area (Å²) in [6.07, 6.45) is 2.04. The van der Waals surface area contributed by atoms with Gasteiger partial charge in [-0.2, -0.15) is 0 Å². The van der Waals surface area contributed by atoms with Crippen LogP contribution in [-0.4, -0.2) is 27.2 Å². The monoisotopic (exact) mass is 343 g/mol. The zero-order valence-corrected chi connectivity index (χ0v) is 15.2. The Morgan fingerprint density at radius 1 is 0.960 bits per heavy atom. The van der Waals surface area contributed by atoms with Gasteiger partial charge in [-0.1, -0.05) is 12.1 Å². The van der Waals surface area contributed by atoms with E-state index in [2.05, 4.69) is 11.4 Å². The first-order valence-electron chi connectivity index (χ1n) is 8.22. The fraction of sp³-hybridized carbons (Fsp3) is 0.350. The molecule has 0 aliphatic rings. The molecule has 0 bridgehead atoms. The summed E-state index contributed by atoms with van der Waals surface area (Å²) in [7, 11) is 4.83. The van der Waals surface area contributed by atoms with Crippen LogP contribution < -0.4 is 19.5 Å². The van der Waals surface area contributed by atoms with Gasteiger partial charge >= 0.3 is 0 Å². The lowest BCUT2D eigenvalue weighted by Gasteiger charge is -2.12. The van der Waals surface area contributed by atoms with Gasteiger partial charge in [0.15, 0.2) is 0 Å². The van der Waals surface area contributed by atoms with Gasteiger partial charge in [-0.15, -0.1) is 0 Å². The molecule has 5 nitrogen and oxygen atoms in total. The van der Waals surface area contributed by atoms with Crippen molar-refractivity contribution in [1.29, 1.82) is 0 Å². The highest BCUT2D eigenvalue weighted by molar-refractivity contribution is 5.92. The smallest absolute Gasteiger partial charge is 0.224 e. The molecule has 0 heterocycles. The lowest BCUT2D eigenvalue weighted by Crippen LogP contribution is -2.12. The number of methoxy groups -OCH3 is 3. The topological polar surface area (TPSA) is 56.8 Å². The normalized spacial score (nSPS) is 10.2. The Kier molecular flexibility index (Phi) is 6.69. The fourth-order valence-electron chi connectivity index (χ4n) is 2.67. The maximum Gasteiger partial charge on any atom is 0.224 e. The highest BCUT2D eigenvalue weighted by Crippen LogP contribution is 2.29. The molecule has 1 amide bonds. The lowest BCUT2D eigenvalue weighted by atomic mass is 10.0. The summed E-state index contributed by atoms with van der Waals surface area (Å²) in [6, 6.07) is 11.4. The first-order chi connectivity index (χ1) is 12.1.